The number of benzene rings is 1. The molecule has 0 saturated heterocycles. The molecule has 0 unspecified atom stereocenters. The quantitative estimate of drug-likeness (QED) is 0.632. The first kappa shape index (κ1) is 11.1. The predicted molar refractivity (Wildman–Crippen MR) is 64.0 cm³/mol. The number of carbonyl (C=O) groups excluding carboxylic acids is 1. The molecule has 3 N–H and O–H groups in total. The topological polar surface area (TPSA) is 120 Å². The number of aromatic amines is 1. The van der Waals surface area contributed by atoms with Crippen LogP contribution in [0.25, 0.3) is 0 Å². The first-order chi connectivity index (χ1) is 9.11. The minimum atomic E-state index is -0.741. The zero-order chi connectivity index (χ0) is 13.4. The molecule has 0 spiro atoms. The average molecular weight is 257 g/mol. The molecule has 0 aliphatic carbocycles. The molecular weight excluding hydrogens is 250 g/mol. The van der Waals surface area contributed by atoms with Gasteiger partial charge in [-0.2, -0.15) is 15.0 Å². The van der Waals surface area contributed by atoms with Gasteiger partial charge in [0.25, 0.3) is 5.56 Å². The van der Waals surface area contributed by atoms with E-state index < -0.39 is 11.6 Å². The summed E-state index contributed by atoms with van der Waals surface area (Å²) < 4.78 is 0. The SMILES string of the molecule is O=C1N=c2nc(Nc3ccc(O)cc3)[nH]c(=O)c2=N1. The maximum absolute atomic E-state index is 11.6. The van der Waals surface area contributed by atoms with E-state index in [-0.39, 0.29) is 22.5 Å². The smallest absolute Gasteiger partial charge is 0.370 e. The van der Waals surface area contributed by atoms with Gasteiger partial charge in [-0.3, -0.25) is 9.78 Å². The van der Waals surface area contributed by atoms with E-state index in [0.29, 0.717) is 5.69 Å². The molecule has 0 saturated carbocycles. The van der Waals surface area contributed by atoms with E-state index >= 15 is 0 Å². The molecule has 0 fully saturated rings. The Labute approximate surface area is 105 Å². The number of fused-ring (bicyclic) bond motifs is 1. The van der Waals surface area contributed by atoms with Crippen molar-refractivity contribution in [2.45, 2.75) is 0 Å². The lowest BCUT2D eigenvalue weighted by Crippen LogP contribution is -2.41. The van der Waals surface area contributed by atoms with Gasteiger partial charge >= 0.3 is 6.03 Å². The molecule has 0 radical (unpaired) electrons. The molecule has 94 valence electrons. The number of phenols is 1. The molecule has 0 atom stereocenters. The Bertz CT molecular complexity index is 838. The van der Waals surface area contributed by atoms with Gasteiger partial charge in [-0.15, -0.1) is 0 Å². The summed E-state index contributed by atoms with van der Waals surface area (Å²) in [5.41, 5.74) is 0.0677. The average Bonchev–Trinajstić information content (AvgIpc) is 2.73. The van der Waals surface area contributed by atoms with Gasteiger partial charge in [-0.05, 0) is 24.3 Å². The number of hydrogen-bond acceptors (Lipinski definition) is 5. The number of nitrogens with one attached hydrogen (secondary N) is 2. The number of phenolic OH excluding ortho intramolecular Hbond substituents is 1. The van der Waals surface area contributed by atoms with Crippen molar-refractivity contribution in [3.63, 3.8) is 0 Å². The molecule has 1 aliphatic rings. The van der Waals surface area contributed by atoms with Gasteiger partial charge in [0.2, 0.25) is 5.95 Å². The Morgan fingerprint density at radius 2 is 1.84 bits per heavy atom. The number of rotatable bonds is 2. The van der Waals surface area contributed by atoms with E-state index in [1.807, 2.05) is 0 Å². The van der Waals surface area contributed by atoms with Crippen molar-refractivity contribution < 1.29 is 9.90 Å². The molecule has 8 heteroatoms. The van der Waals surface area contributed by atoms with Gasteiger partial charge in [-0.1, -0.05) is 0 Å². The summed E-state index contributed by atoms with van der Waals surface area (Å²) in [6.07, 6.45) is 0. The van der Waals surface area contributed by atoms with Crippen LogP contribution in [0.1, 0.15) is 0 Å². The van der Waals surface area contributed by atoms with E-state index in [0.717, 1.165) is 0 Å². The maximum atomic E-state index is 11.6. The van der Waals surface area contributed by atoms with Crippen LogP contribution >= 0.6 is 0 Å². The molecular formula is C11H7N5O3. The Morgan fingerprint density at radius 1 is 1.11 bits per heavy atom. The summed E-state index contributed by atoms with van der Waals surface area (Å²) in [6.45, 7) is 0. The molecule has 1 aromatic carbocycles. The van der Waals surface area contributed by atoms with Crippen LogP contribution in [0.2, 0.25) is 0 Å². The fourth-order valence-corrected chi connectivity index (χ4v) is 1.59. The zero-order valence-corrected chi connectivity index (χ0v) is 9.41. The van der Waals surface area contributed by atoms with Crippen molar-refractivity contribution in [1.82, 2.24) is 9.97 Å². The van der Waals surface area contributed by atoms with Crippen molar-refractivity contribution >= 4 is 17.7 Å². The third-order valence-electron chi connectivity index (χ3n) is 2.42. The highest BCUT2D eigenvalue weighted by atomic mass is 16.3. The Balaban J connectivity index is 2.03. The Morgan fingerprint density at radius 3 is 2.58 bits per heavy atom. The minimum absolute atomic E-state index is 0.00460. The molecule has 1 aromatic heterocycles. The van der Waals surface area contributed by atoms with Crippen LogP contribution in [0.5, 0.6) is 5.75 Å². The van der Waals surface area contributed by atoms with E-state index in [2.05, 4.69) is 25.3 Å². The largest absolute Gasteiger partial charge is 0.508 e. The summed E-state index contributed by atoms with van der Waals surface area (Å²) in [6, 6.07) is 5.44. The lowest BCUT2D eigenvalue weighted by Gasteiger charge is -2.04. The van der Waals surface area contributed by atoms with Crippen LogP contribution in [-0.4, -0.2) is 21.1 Å². The van der Waals surface area contributed by atoms with Crippen molar-refractivity contribution in [2.75, 3.05) is 5.32 Å². The van der Waals surface area contributed by atoms with Crippen LogP contribution in [0.3, 0.4) is 0 Å². The summed E-state index contributed by atoms with van der Waals surface area (Å²) in [7, 11) is 0. The van der Waals surface area contributed by atoms with Gasteiger partial charge in [0.1, 0.15) is 5.75 Å². The number of H-pyrrole nitrogens is 1. The fourth-order valence-electron chi connectivity index (χ4n) is 1.59. The van der Waals surface area contributed by atoms with E-state index in [1.165, 1.54) is 12.1 Å². The standard InChI is InChI=1S/C11H7N5O3/c17-6-3-1-5(2-4-6)12-10-14-8-7(9(18)16-10)13-11(19)15-8/h1-4,17H,(H2,12,14,15,16,18,19). The molecule has 19 heavy (non-hydrogen) atoms. The number of hydrogen-bond donors (Lipinski definition) is 3. The number of aromatic hydroxyl groups is 1. The van der Waals surface area contributed by atoms with E-state index in [1.54, 1.807) is 12.1 Å². The van der Waals surface area contributed by atoms with Crippen molar-refractivity contribution in [3.05, 3.63) is 45.5 Å². The molecule has 0 bridgehead atoms. The summed E-state index contributed by atoms with van der Waals surface area (Å²) in [5, 5.41) is 11.9. The predicted octanol–water partition coefficient (Wildman–Crippen LogP) is -0.408. The first-order valence-electron chi connectivity index (χ1n) is 5.29. The van der Waals surface area contributed by atoms with E-state index in [9.17, 15) is 9.59 Å². The van der Waals surface area contributed by atoms with Gasteiger partial charge in [0.15, 0.2) is 10.8 Å². The Kier molecular flexibility index (Phi) is 2.34. The number of aromatic nitrogens is 2. The Hall–Kier alpha value is -3.03. The normalized spacial score (nSPS) is 12.5. The number of carbonyl (C=O) groups is 1. The van der Waals surface area contributed by atoms with Crippen molar-refractivity contribution in [2.24, 2.45) is 9.98 Å². The van der Waals surface area contributed by atoms with Gasteiger partial charge < -0.3 is 10.4 Å². The minimum Gasteiger partial charge on any atom is -0.508 e. The molecule has 8 nitrogen and oxygen atoms in total. The second-order valence-electron chi connectivity index (χ2n) is 3.76. The number of anilines is 2. The highest BCUT2D eigenvalue weighted by Crippen LogP contribution is 2.15. The van der Waals surface area contributed by atoms with Gasteiger partial charge in [0, 0.05) is 5.69 Å². The summed E-state index contributed by atoms with van der Waals surface area (Å²) in [5.74, 6) is 0.267. The third-order valence-corrected chi connectivity index (χ3v) is 2.42. The molecule has 1 aliphatic heterocycles. The number of amides is 2. The van der Waals surface area contributed by atoms with E-state index in [4.69, 9.17) is 5.11 Å². The summed E-state index contributed by atoms with van der Waals surface area (Å²) >= 11 is 0. The highest BCUT2D eigenvalue weighted by Gasteiger charge is 2.11. The van der Waals surface area contributed by atoms with Crippen LogP contribution < -0.4 is 21.7 Å². The molecule has 2 aromatic rings. The lowest BCUT2D eigenvalue weighted by atomic mass is 10.3. The first-order valence-corrected chi connectivity index (χ1v) is 5.29. The molecule has 2 heterocycles. The van der Waals surface area contributed by atoms with Gasteiger partial charge in [-0.25, -0.2) is 4.79 Å². The zero-order valence-electron chi connectivity index (χ0n) is 9.41. The highest BCUT2D eigenvalue weighted by molar-refractivity contribution is 5.77. The van der Waals surface area contributed by atoms with Crippen LogP contribution in [0.15, 0.2) is 39.0 Å². The third kappa shape index (κ3) is 2.06. The lowest BCUT2D eigenvalue weighted by molar-refractivity contribution is 0.256. The fraction of sp³-hybridized carbons (Fsp3) is 0. The van der Waals surface area contributed by atoms with Crippen LogP contribution in [-0.2, 0) is 0 Å². The van der Waals surface area contributed by atoms with Crippen molar-refractivity contribution in [3.8, 4) is 5.75 Å². The molecule has 3 rings (SSSR count). The summed E-state index contributed by atoms with van der Waals surface area (Å²) in [4.78, 5) is 36.0. The van der Waals surface area contributed by atoms with Gasteiger partial charge in [0.05, 0.1) is 0 Å². The maximum Gasteiger partial charge on any atom is 0.370 e. The number of urea groups is 1. The van der Waals surface area contributed by atoms with Crippen LogP contribution in [0.4, 0.5) is 16.4 Å². The molecule has 2 amide bonds. The number of nitrogens with zero attached hydrogens (tertiary/aromatic N) is 3. The van der Waals surface area contributed by atoms with Crippen molar-refractivity contribution in [1.29, 1.82) is 0 Å². The second kappa shape index (κ2) is 4.02. The van der Waals surface area contributed by atoms with Crippen LogP contribution in [0, 0.1) is 0 Å². The second-order valence-corrected chi connectivity index (χ2v) is 3.76. The monoisotopic (exact) mass is 257 g/mol.